The molecule has 1 aliphatic heterocycles. The first-order valence-corrected chi connectivity index (χ1v) is 8.43. The summed E-state index contributed by atoms with van der Waals surface area (Å²) in [6.07, 6.45) is 3.99. The zero-order chi connectivity index (χ0) is 15.4. The molecule has 0 saturated carbocycles. The lowest BCUT2D eigenvalue weighted by molar-refractivity contribution is -0.759. The summed E-state index contributed by atoms with van der Waals surface area (Å²) in [5, 5.41) is 6.74. The summed E-state index contributed by atoms with van der Waals surface area (Å²) in [5.41, 5.74) is 6.90. The first-order chi connectivity index (χ1) is 10.7. The smallest absolute Gasteiger partial charge is 0.296 e. The first-order valence-electron chi connectivity index (χ1n) is 7.38. The third kappa shape index (κ3) is 3.65. The minimum absolute atomic E-state index is 0.344. The number of ether oxygens (including phenoxy) is 1. The van der Waals surface area contributed by atoms with E-state index in [9.17, 15) is 0 Å². The highest BCUT2D eigenvalue weighted by Crippen LogP contribution is 2.26. The number of hydrogen-bond acceptors (Lipinski definition) is 6. The molecule has 0 aliphatic carbocycles. The van der Waals surface area contributed by atoms with Crippen molar-refractivity contribution in [2.75, 3.05) is 30.9 Å². The number of nitrogen functional groups attached to an aromatic ring is 1. The van der Waals surface area contributed by atoms with E-state index in [0.717, 1.165) is 37.4 Å². The zero-order valence-electron chi connectivity index (χ0n) is 12.6. The normalized spacial score (nSPS) is 16.0. The highest BCUT2D eigenvalue weighted by atomic mass is 32.2. The standard InChI is InChI=1S/C15H21N4O2S/c1-20-13-4-2-12(3-5-13)11-22-14-6-8-18(9-7-14)19-10-15(16)21-17-19/h2-5,10,14H,6-9,11,16H2,1H3/q+1. The molecule has 22 heavy (non-hydrogen) atoms. The fourth-order valence-corrected chi connectivity index (χ4v) is 3.70. The van der Waals surface area contributed by atoms with Gasteiger partial charge in [-0.05, 0) is 30.5 Å². The van der Waals surface area contributed by atoms with Gasteiger partial charge >= 0.3 is 0 Å². The number of nitrogens with two attached hydrogens (primary N) is 1. The highest BCUT2D eigenvalue weighted by molar-refractivity contribution is 7.99. The number of anilines is 1. The largest absolute Gasteiger partial charge is 0.497 e. The van der Waals surface area contributed by atoms with Crippen LogP contribution >= 0.6 is 11.8 Å². The number of piperidine rings is 1. The van der Waals surface area contributed by atoms with Crippen molar-refractivity contribution in [1.29, 1.82) is 0 Å². The topological polar surface area (TPSA) is 68.4 Å². The van der Waals surface area contributed by atoms with Gasteiger partial charge in [0.1, 0.15) is 5.75 Å². The van der Waals surface area contributed by atoms with Crippen LogP contribution < -0.4 is 20.3 Å². The molecule has 7 heteroatoms. The maximum atomic E-state index is 5.56. The van der Waals surface area contributed by atoms with Crippen molar-refractivity contribution in [3.8, 4) is 5.75 Å². The maximum Gasteiger partial charge on any atom is 0.296 e. The molecule has 0 atom stereocenters. The van der Waals surface area contributed by atoms with Crippen molar-refractivity contribution in [2.24, 2.45) is 0 Å². The van der Waals surface area contributed by atoms with Gasteiger partial charge in [-0.3, -0.25) is 4.52 Å². The van der Waals surface area contributed by atoms with Gasteiger partial charge in [-0.15, -0.1) is 0 Å². The average molecular weight is 321 g/mol. The Kier molecular flexibility index (Phi) is 4.72. The predicted molar refractivity (Wildman–Crippen MR) is 86.4 cm³/mol. The molecule has 1 aromatic heterocycles. The molecule has 0 bridgehead atoms. The van der Waals surface area contributed by atoms with Crippen LogP contribution in [0.4, 0.5) is 5.88 Å². The van der Waals surface area contributed by atoms with Crippen LogP contribution in [0, 0.1) is 0 Å². The number of hydrogen-bond donors (Lipinski definition) is 1. The number of methoxy groups -OCH3 is 1. The lowest BCUT2D eigenvalue weighted by atomic mass is 10.1. The van der Waals surface area contributed by atoms with Gasteiger partial charge in [-0.2, -0.15) is 16.8 Å². The molecule has 1 saturated heterocycles. The fraction of sp³-hybridized carbons (Fsp3) is 0.467. The summed E-state index contributed by atoms with van der Waals surface area (Å²) < 4.78 is 10.1. The summed E-state index contributed by atoms with van der Waals surface area (Å²) in [6, 6.07) is 8.30. The van der Waals surface area contributed by atoms with Gasteiger partial charge in [-0.1, -0.05) is 12.1 Å². The SMILES string of the molecule is COc1ccc(CSC2CCN([n+]3cc(N)on3)CC2)cc1. The second-order valence-electron chi connectivity index (χ2n) is 5.34. The first kappa shape index (κ1) is 15.0. The van der Waals surface area contributed by atoms with Crippen LogP contribution in [0.1, 0.15) is 18.4 Å². The molecule has 3 rings (SSSR count). The lowest BCUT2D eigenvalue weighted by Crippen LogP contribution is -2.61. The van der Waals surface area contributed by atoms with Gasteiger partial charge in [-0.25, -0.2) is 0 Å². The van der Waals surface area contributed by atoms with E-state index in [2.05, 4.69) is 22.4 Å². The van der Waals surface area contributed by atoms with Crippen molar-refractivity contribution in [3.05, 3.63) is 36.0 Å². The molecule has 0 spiro atoms. The minimum atomic E-state index is 0.344. The molecule has 1 aliphatic rings. The van der Waals surface area contributed by atoms with E-state index in [1.807, 2.05) is 23.9 Å². The minimum Gasteiger partial charge on any atom is -0.497 e. The summed E-state index contributed by atoms with van der Waals surface area (Å²) in [5.74, 6) is 2.29. The molecule has 2 aromatic rings. The molecule has 2 heterocycles. The monoisotopic (exact) mass is 321 g/mol. The average Bonchev–Trinajstić information content (AvgIpc) is 3.00. The van der Waals surface area contributed by atoms with Gasteiger partial charge in [0.2, 0.25) is 5.27 Å². The fourth-order valence-electron chi connectivity index (χ4n) is 2.53. The summed E-state index contributed by atoms with van der Waals surface area (Å²) in [4.78, 5) is 1.71. The molecule has 6 nitrogen and oxygen atoms in total. The van der Waals surface area contributed by atoms with E-state index in [1.54, 1.807) is 18.1 Å². The Labute approximate surface area is 134 Å². The molecule has 0 radical (unpaired) electrons. The van der Waals surface area contributed by atoms with Crippen molar-refractivity contribution in [2.45, 2.75) is 23.8 Å². The Morgan fingerprint density at radius 2 is 2.09 bits per heavy atom. The maximum absolute atomic E-state index is 5.56. The Hall–Kier alpha value is -1.89. The van der Waals surface area contributed by atoms with Crippen LogP contribution in [0.3, 0.4) is 0 Å². The van der Waals surface area contributed by atoms with Gasteiger partial charge in [0.25, 0.3) is 12.1 Å². The molecule has 118 valence electrons. The Balaban J connectivity index is 1.45. The Morgan fingerprint density at radius 3 is 2.68 bits per heavy atom. The third-order valence-electron chi connectivity index (χ3n) is 3.83. The zero-order valence-corrected chi connectivity index (χ0v) is 13.5. The van der Waals surface area contributed by atoms with Gasteiger partial charge in [0.05, 0.1) is 25.0 Å². The quantitative estimate of drug-likeness (QED) is 0.844. The van der Waals surface area contributed by atoms with E-state index in [-0.39, 0.29) is 0 Å². The van der Waals surface area contributed by atoms with E-state index >= 15 is 0 Å². The second kappa shape index (κ2) is 6.91. The van der Waals surface area contributed by atoms with Crippen molar-refractivity contribution in [1.82, 2.24) is 5.27 Å². The number of nitrogens with zero attached hydrogens (tertiary/aromatic N) is 3. The van der Waals surface area contributed by atoms with Crippen molar-refractivity contribution in [3.63, 3.8) is 0 Å². The summed E-state index contributed by atoms with van der Waals surface area (Å²) >= 11 is 2.02. The number of aromatic nitrogens is 2. The molecule has 1 aromatic carbocycles. The second-order valence-corrected chi connectivity index (χ2v) is 6.63. The van der Waals surface area contributed by atoms with Crippen molar-refractivity contribution >= 4 is 17.6 Å². The van der Waals surface area contributed by atoms with E-state index in [4.69, 9.17) is 15.0 Å². The van der Waals surface area contributed by atoms with E-state index in [1.165, 1.54) is 5.56 Å². The predicted octanol–water partition coefficient (Wildman–Crippen LogP) is 1.59. The van der Waals surface area contributed by atoms with Crippen LogP contribution in [-0.4, -0.2) is 30.7 Å². The van der Waals surface area contributed by atoms with Crippen LogP contribution in [0.5, 0.6) is 5.75 Å². The lowest BCUT2D eigenvalue weighted by Gasteiger charge is -2.25. The van der Waals surface area contributed by atoms with Crippen LogP contribution in [0.2, 0.25) is 0 Å². The number of thioether (sulfide) groups is 1. The summed E-state index contributed by atoms with van der Waals surface area (Å²) in [7, 11) is 1.69. The molecular formula is C15H21N4O2S+. The summed E-state index contributed by atoms with van der Waals surface area (Å²) in [6.45, 7) is 1.94. The third-order valence-corrected chi connectivity index (χ3v) is 5.27. The van der Waals surface area contributed by atoms with Crippen LogP contribution in [0.15, 0.2) is 35.0 Å². The Bertz CT molecular complexity index is 594. The molecule has 1 fully saturated rings. The Morgan fingerprint density at radius 1 is 1.36 bits per heavy atom. The number of benzene rings is 1. The van der Waals surface area contributed by atoms with Gasteiger partial charge in [0.15, 0.2) is 0 Å². The molecule has 0 amide bonds. The van der Waals surface area contributed by atoms with Gasteiger partial charge < -0.3 is 10.5 Å². The van der Waals surface area contributed by atoms with E-state index < -0.39 is 0 Å². The van der Waals surface area contributed by atoms with Crippen LogP contribution in [0.25, 0.3) is 0 Å². The number of rotatable bonds is 5. The highest BCUT2D eigenvalue weighted by Gasteiger charge is 2.26. The van der Waals surface area contributed by atoms with E-state index in [0.29, 0.717) is 11.1 Å². The van der Waals surface area contributed by atoms with Gasteiger partial charge in [0, 0.05) is 11.0 Å². The molecule has 0 unspecified atom stereocenters. The molecular weight excluding hydrogens is 300 g/mol. The molecule has 2 N–H and O–H groups in total. The van der Waals surface area contributed by atoms with Crippen LogP contribution in [-0.2, 0) is 5.75 Å². The van der Waals surface area contributed by atoms with Crippen molar-refractivity contribution < 1.29 is 14.1 Å².